The molecule has 36 heavy (non-hydrogen) atoms. The highest BCUT2D eigenvalue weighted by Gasteiger charge is 2.54. The van der Waals surface area contributed by atoms with Gasteiger partial charge in [0, 0.05) is 28.9 Å². The van der Waals surface area contributed by atoms with Gasteiger partial charge in [-0.1, -0.05) is 11.2 Å². The molecule has 0 aromatic carbocycles. The van der Waals surface area contributed by atoms with Gasteiger partial charge in [-0.2, -0.15) is 9.36 Å². The van der Waals surface area contributed by atoms with Crippen molar-refractivity contribution in [3.05, 3.63) is 53.9 Å². The molecule has 3 aromatic rings. The lowest BCUT2D eigenvalue weighted by molar-refractivity contribution is -0.662. The minimum absolute atomic E-state index is 0.0529. The van der Waals surface area contributed by atoms with Crippen molar-refractivity contribution in [3.63, 3.8) is 0 Å². The Morgan fingerprint density at radius 1 is 1.39 bits per heavy atom. The van der Waals surface area contributed by atoms with Gasteiger partial charge in [0.1, 0.15) is 36.1 Å². The van der Waals surface area contributed by atoms with Crippen LogP contribution in [0.15, 0.2) is 53.2 Å². The van der Waals surface area contributed by atoms with Crippen LogP contribution < -0.4 is 15.6 Å². The number of thioether (sulfide) groups is 1. The van der Waals surface area contributed by atoms with Crippen LogP contribution >= 0.6 is 23.3 Å². The summed E-state index contributed by atoms with van der Waals surface area (Å²) in [5, 5.41) is 15.2. The number of oxime groups is 1. The zero-order valence-electron chi connectivity index (χ0n) is 18.3. The smallest absolute Gasteiger partial charge is 0.352 e. The Morgan fingerprint density at radius 2 is 2.22 bits per heavy atom. The summed E-state index contributed by atoms with van der Waals surface area (Å²) in [6.45, 7) is -1.02. The maximum atomic E-state index is 13.0. The number of carbonyl (C=O) groups is 3. The van der Waals surface area contributed by atoms with E-state index in [2.05, 4.69) is 24.7 Å². The molecule has 1 saturated heterocycles. The summed E-state index contributed by atoms with van der Waals surface area (Å²) in [6, 6.07) is 4.62. The van der Waals surface area contributed by atoms with Crippen molar-refractivity contribution in [2.45, 2.75) is 18.0 Å². The molecule has 0 bridgehead atoms. The number of pyridine rings is 1. The quantitative estimate of drug-likeness (QED) is 0.153. The Kier molecular flexibility index (Phi) is 6.27. The van der Waals surface area contributed by atoms with Crippen LogP contribution in [0.25, 0.3) is 5.65 Å². The first kappa shape index (κ1) is 23.7. The Balaban J connectivity index is 1.37. The zero-order chi connectivity index (χ0) is 25.4. The predicted octanol–water partition coefficient (Wildman–Crippen LogP) is -0.253. The SMILES string of the molecule is Nc1nc(/C(=N/OCF)C(=O)N[C@@H]2C(=O)N3C(C(=O)O)=C(C[n+]4ccn5ccccc54)CS[C@H]23)ns1. The van der Waals surface area contributed by atoms with Crippen LogP contribution in [0.3, 0.4) is 0 Å². The van der Waals surface area contributed by atoms with Gasteiger partial charge in [0.25, 0.3) is 24.3 Å². The van der Waals surface area contributed by atoms with Gasteiger partial charge in [-0.25, -0.2) is 18.2 Å². The molecular formula is C20H18FN8O5S2+. The number of aliphatic carboxylic acids is 1. The molecule has 2 aliphatic rings. The molecule has 186 valence electrons. The number of aromatic nitrogens is 4. The molecule has 0 radical (unpaired) electrons. The first-order valence-corrected chi connectivity index (χ1v) is 12.2. The number of nitrogens with zero attached hydrogens (tertiary/aromatic N) is 6. The van der Waals surface area contributed by atoms with E-state index in [-0.39, 0.29) is 23.2 Å². The van der Waals surface area contributed by atoms with Crippen LogP contribution in [0.5, 0.6) is 0 Å². The summed E-state index contributed by atoms with van der Waals surface area (Å²) in [5.74, 6) is -2.58. The van der Waals surface area contributed by atoms with Gasteiger partial charge in [-0.15, -0.1) is 11.8 Å². The van der Waals surface area contributed by atoms with E-state index in [9.17, 15) is 23.9 Å². The number of fused-ring (bicyclic) bond motifs is 2. The lowest BCUT2D eigenvalue weighted by Gasteiger charge is -2.49. The molecule has 2 aliphatic heterocycles. The number of halogens is 1. The summed E-state index contributed by atoms with van der Waals surface area (Å²) in [5.41, 5.74) is 6.40. The fraction of sp³-hybridized carbons (Fsp3) is 0.250. The number of nitrogen functional groups attached to an aromatic ring is 1. The first-order chi connectivity index (χ1) is 17.4. The van der Waals surface area contributed by atoms with E-state index in [0.29, 0.717) is 11.3 Å². The van der Waals surface area contributed by atoms with E-state index in [1.54, 1.807) is 0 Å². The third kappa shape index (κ3) is 4.13. The summed E-state index contributed by atoms with van der Waals surface area (Å²) in [4.78, 5) is 47.3. The largest absolute Gasteiger partial charge is 0.477 e. The van der Waals surface area contributed by atoms with E-state index in [0.717, 1.165) is 17.2 Å². The van der Waals surface area contributed by atoms with Crippen molar-refractivity contribution in [1.82, 2.24) is 24.0 Å². The summed E-state index contributed by atoms with van der Waals surface area (Å²) in [7, 11) is 0. The number of carbonyl (C=O) groups excluding carboxylic acids is 2. The summed E-state index contributed by atoms with van der Waals surface area (Å²) >= 11 is 2.12. The Bertz CT molecular complexity index is 1440. The fourth-order valence-corrected chi connectivity index (χ4v) is 5.77. The molecule has 5 heterocycles. The van der Waals surface area contributed by atoms with Gasteiger partial charge < -0.3 is 21.0 Å². The van der Waals surface area contributed by atoms with Gasteiger partial charge in [-0.05, 0) is 6.07 Å². The number of rotatable bonds is 8. The number of anilines is 1. The van der Waals surface area contributed by atoms with Crippen LogP contribution in [-0.2, 0) is 25.8 Å². The third-order valence-electron chi connectivity index (χ3n) is 5.54. The van der Waals surface area contributed by atoms with E-state index in [1.807, 2.05) is 45.8 Å². The number of nitrogens with two attached hydrogens (primary N) is 1. The van der Waals surface area contributed by atoms with Crippen LogP contribution in [0.2, 0.25) is 0 Å². The van der Waals surface area contributed by atoms with E-state index < -0.39 is 41.8 Å². The lowest BCUT2D eigenvalue weighted by Crippen LogP contribution is -2.71. The van der Waals surface area contributed by atoms with Gasteiger partial charge in [0.15, 0.2) is 5.13 Å². The molecule has 4 N–H and O–H groups in total. The Labute approximate surface area is 210 Å². The molecule has 2 amide bonds. The predicted molar refractivity (Wildman–Crippen MR) is 125 cm³/mol. The molecule has 13 nitrogen and oxygen atoms in total. The van der Waals surface area contributed by atoms with E-state index in [1.165, 1.54) is 16.7 Å². The van der Waals surface area contributed by atoms with Gasteiger partial charge in [-0.3, -0.25) is 14.5 Å². The number of alkyl halides is 1. The Hall–Kier alpha value is -4.05. The van der Waals surface area contributed by atoms with Crippen molar-refractivity contribution < 1.29 is 33.3 Å². The lowest BCUT2D eigenvalue weighted by atomic mass is 10.0. The number of hydrogen-bond acceptors (Lipinski definition) is 10. The molecule has 3 aromatic heterocycles. The van der Waals surface area contributed by atoms with Crippen molar-refractivity contribution in [2.24, 2.45) is 5.16 Å². The zero-order valence-corrected chi connectivity index (χ0v) is 19.9. The second-order valence-electron chi connectivity index (χ2n) is 7.64. The number of β-lactam (4-membered cyclic amide) rings is 1. The average Bonchev–Trinajstić information content (AvgIpc) is 3.48. The molecule has 1 fully saturated rings. The average molecular weight is 534 g/mol. The fourth-order valence-electron chi connectivity index (χ4n) is 4.00. The van der Waals surface area contributed by atoms with Crippen molar-refractivity contribution >= 4 is 57.6 Å². The molecule has 2 atom stereocenters. The molecule has 16 heteroatoms. The number of nitrogens with one attached hydrogen (secondary N) is 1. The van der Waals surface area contributed by atoms with E-state index >= 15 is 0 Å². The van der Waals surface area contributed by atoms with Crippen LogP contribution in [0.1, 0.15) is 5.82 Å². The third-order valence-corrected chi connectivity index (χ3v) is 7.42. The number of hydrogen-bond donors (Lipinski definition) is 3. The Morgan fingerprint density at radius 3 is 2.94 bits per heavy atom. The first-order valence-electron chi connectivity index (χ1n) is 10.4. The maximum absolute atomic E-state index is 13.0. The number of imidazole rings is 1. The standard InChI is InChI=1S/C20H17FN8O5S2/c21-9-34-25-12(15-24-20(22)36-26-15)16(30)23-13-17(31)29-14(19(32)33)10(8-35-18(13)29)7-28-6-5-27-4-2-1-3-11(27)28/h1-6,13,18H,7-9H2,(H3-,22,23,24,26,30,32,33)/p+1/b25-12-/t13-,18-/m1/s1. The van der Waals surface area contributed by atoms with E-state index in [4.69, 9.17) is 5.73 Å². The minimum Gasteiger partial charge on any atom is -0.477 e. The van der Waals surface area contributed by atoms with Crippen molar-refractivity contribution in [2.75, 3.05) is 18.3 Å². The number of carboxylic acids is 1. The number of carboxylic acid groups (broad SMARTS) is 1. The molecular weight excluding hydrogens is 515 g/mol. The van der Waals surface area contributed by atoms with Crippen molar-refractivity contribution in [1.29, 1.82) is 0 Å². The highest BCUT2D eigenvalue weighted by molar-refractivity contribution is 8.00. The monoisotopic (exact) mass is 533 g/mol. The normalized spacial score (nSPS) is 19.8. The summed E-state index contributed by atoms with van der Waals surface area (Å²) < 4.78 is 20.1. The number of amides is 2. The van der Waals surface area contributed by atoms with Gasteiger partial charge in [0.05, 0.1) is 6.20 Å². The topological polar surface area (TPSA) is 168 Å². The maximum Gasteiger partial charge on any atom is 0.352 e. The molecule has 0 aliphatic carbocycles. The minimum atomic E-state index is -1.30. The molecule has 0 saturated carbocycles. The van der Waals surface area contributed by atoms with Crippen LogP contribution in [0.4, 0.5) is 9.52 Å². The van der Waals surface area contributed by atoms with Gasteiger partial charge in [0.2, 0.25) is 11.5 Å². The summed E-state index contributed by atoms with van der Waals surface area (Å²) in [6.07, 6.45) is 5.56. The van der Waals surface area contributed by atoms with Gasteiger partial charge >= 0.3 is 5.97 Å². The second-order valence-corrected chi connectivity index (χ2v) is 9.53. The van der Waals surface area contributed by atoms with Crippen molar-refractivity contribution in [3.8, 4) is 0 Å². The second kappa shape index (κ2) is 9.54. The highest BCUT2D eigenvalue weighted by Crippen LogP contribution is 2.40. The molecule has 0 unspecified atom stereocenters. The van der Waals surface area contributed by atoms with Crippen LogP contribution in [-0.4, -0.2) is 71.3 Å². The highest BCUT2D eigenvalue weighted by atomic mass is 32.2. The molecule has 0 spiro atoms. The van der Waals surface area contributed by atoms with Crippen LogP contribution in [0, 0.1) is 0 Å². The molecule has 5 rings (SSSR count).